The van der Waals surface area contributed by atoms with Crippen LogP contribution in [0.1, 0.15) is 18.4 Å². The number of morpholine rings is 1. The molecule has 1 unspecified atom stereocenters. The second-order valence-electron chi connectivity index (χ2n) is 7.19. The molecule has 1 atom stereocenters. The van der Waals surface area contributed by atoms with E-state index >= 15 is 0 Å². The van der Waals surface area contributed by atoms with Crippen molar-refractivity contribution in [3.63, 3.8) is 0 Å². The van der Waals surface area contributed by atoms with Crippen LogP contribution in [0.15, 0.2) is 36.5 Å². The molecule has 0 bridgehead atoms. The molecular weight excluding hydrogens is 345 g/mol. The summed E-state index contributed by atoms with van der Waals surface area (Å²) in [5.74, 6) is 1.45. The number of halogens is 1. The SMILES string of the molecule is Fc1cccc(CN2CCCC(Nc3ccnc(N4CCOCC4)n3)C2)c1. The van der Waals surface area contributed by atoms with Gasteiger partial charge in [0.1, 0.15) is 11.6 Å². The van der Waals surface area contributed by atoms with Crippen molar-refractivity contribution in [2.75, 3.05) is 49.6 Å². The first-order valence-electron chi connectivity index (χ1n) is 9.65. The monoisotopic (exact) mass is 371 g/mol. The third-order valence-electron chi connectivity index (χ3n) is 5.09. The second kappa shape index (κ2) is 8.63. The van der Waals surface area contributed by atoms with E-state index in [2.05, 4.69) is 20.1 Å². The van der Waals surface area contributed by atoms with E-state index < -0.39 is 0 Å². The van der Waals surface area contributed by atoms with Crippen molar-refractivity contribution < 1.29 is 9.13 Å². The maximum atomic E-state index is 13.4. The van der Waals surface area contributed by atoms with E-state index in [9.17, 15) is 4.39 Å². The van der Waals surface area contributed by atoms with E-state index in [0.29, 0.717) is 6.04 Å². The second-order valence-corrected chi connectivity index (χ2v) is 7.19. The average molecular weight is 371 g/mol. The first-order valence-corrected chi connectivity index (χ1v) is 9.65. The summed E-state index contributed by atoms with van der Waals surface area (Å²) in [5.41, 5.74) is 1.02. The predicted octanol–water partition coefficient (Wildman–Crippen LogP) is 2.53. The molecule has 2 aliphatic rings. The average Bonchev–Trinajstić information content (AvgIpc) is 2.69. The summed E-state index contributed by atoms with van der Waals surface area (Å²) in [6.07, 6.45) is 4.04. The van der Waals surface area contributed by atoms with Crippen LogP contribution < -0.4 is 10.2 Å². The van der Waals surface area contributed by atoms with Gasteiger partial charge in [-0.3, -0.25) is 4.90 Å². The van der Waals surface area contributed by atoms with Gasteiger partial charge < -0.3 is 15.0 Å². The maximum Gasteiger partial charge on any atom is 0.227 e. The Hall–Kier alpha value is -2.25. The molecule has 1 aromatic carbocycles. The fourth-order valence-corrected chi connectivity index (χ4v) is 3.76. The van der Waals surface area contributed by atoms with E-state index in [1.165, 1.54) is 6.07 Å². The molecule has 2 aliphatic heterocycles. The highest BCUT2D eigenvalue weighted by atomic mass is 19.1. The van der Waals surface area contributed by atoms with Crippen LogP contribution in [0.3, 0.4) is 0 Å². The molecule has 144 valence electrons. The number of ether oxygens (including phenoxy) is 1. The van der Waals surface area contributed by atoms with Crippen LogP contribution in [0.4, 0.5) is 16.2 Å². The zero-order chi connectivity index (χ0) is 18.5. The molecule has 0 aliphatic carbocycles. The predicted molar refractivity (Wildman–Crippen MR) is 103 cm³/mol. The van der Waals surface area contributed by atoms with Gasteiger partial charge in [0.25, 0.3) is 0 Å². The number of nitrogens with zero attached hydrogens (tertiary/aromatic N) is 4. The van der Waals surface area contributed by atoms with Crippen LogP contribution in [0, 0.1) is 5.82 Å². The Morgan fingerprint density at radius 2 is 2.07 bits per heavy atom. The van der Waals surface area contributed by atoms with Crippen molar-refractivity contribution in [3.8, 4) is 0 Å². The lowest BCUT2D eigenvalue weighted by Crippen LogP contribution is -2.42. The lowest BCUT2D eigenvalue weighted by Gasteiger charge is -2.33. The van der Waals surface area contributed by atoms with Crippen molar-refractivity contribution >= 4 is 11.8 Å². The topological polar surface area (TPSA) is 53.5 Å². The normalized spacial score (nSPS) is 21.2. The molecule has 1 N–H and O–H groups in total. The first kappa shape index (κ1) is 18.1. The minimum absolute atomic E-state index is 0.171. The molecule has 4 rings (SSSR count). The van der Waals surface area contributed by atoms with Crippen molar-refractivity contribution in [2.45, 2.75) is 25.4 Å². The number of nitrogens with one attached hydrogen (secondary N) is 1. The summed E-state index contributed by atoms with van der Waals surface area (Å²) in [6.45, 7) is 5.84. The molecule has 6 nitrogen and oxygen atoms in total. The van der Waals surface area contributed by atoms with E-state index in [1.807, 2.05) is 18.3 Å². The van der Waals surface area contributed by atoms with Crippen molar-refractivity contribution in [2.24, 2.45) is 0 Å². The summed E-state index contributed by atoms with van der Waals surface area (Å²) in [5, 5.41) is 3.56. The van der Waals surface area contributed by atoms with Crippen LogP contribution in [-0.2, 0) is 11.3 Å². The van der Waals surface area contributed by atoms with Gasteiger partial charge in [0.05, 0.1) is 13.2 Å². The minimum atomic E-state index is -0.171. The number of anilines is 2. The molecule has 3 heterocycles. The van der Waals surface area contributed by atoms with Gasteiger partial charge in [0.15, 0.2) is 0 Å². The summed E-state index contributed by atoms with van der Waals surface area (Å²) >= 11 is 0. The van der Waals surface area contributed by atoms with Crippen molar-refractivity contribution in [3.05, 3.63) is 47.9 Å². The van der Waals surface area contributed by atoms with Crippen molar-refractivity contribution in [1.82, 2.24) is 14.9 Å². The Labute approximate surface area is 159 Å². The Morgan fingerprint density at radius 1 is 1.19 bits per heavy atom. The molecule has 0 radical (unpaired) electrons. The number of rotatable bonds is 5. The third-order valence-corrected chi connectivity index (χ3v) is 5.09. The lowest BCUT2D eigenvalue weighted by atomic mass is 10.0. The van der Waals surface area contributed by atoms with E-state index in [-0.39, 0.29) is 5.82 Å². The first-order chi connectivity index (χ1) is 13.3. The van der Waals surface area contributed by atoms with Crippen LogP contribution in [0.5, 0.6) is 0 Å². The smallest absolute Gasteiger partial charge is 0.227 e. The van der Waals surface area contributed by atoms with Gasteiger partial charge in [-0.1, -0.05) is 12.1 Å². The third kappa shape index (κ3) is 4.93. The van der Waals surface area contributed by atoms with E-state index in [0.717, 1.165) is 76.1 Å². The fourth-order valence-electron chi connectivity index (χ4n) is 3.76. The van der Waals surface area contributed by atoms with Gasteiger partial charge in [-0.15, -0.1) is 0 Å². The Bertz CT molecular complexity index is 753. The van der Waals surface area contributed by atoms with Crippen LogP contribution in [-0.4, -0.2) is 60.3 Å². The maximum absolute atomic E-state index is 13.4. The number of likely N-dealkylation sites (tertiary alicyclic amines) is 1. The van der Waals surface area contributed by atoms with Gasteiger partial charge >= 0.3 is 0 Å². The zero-order valence-electron chi connectivity index (χ0n) is 15.5. The summed E-state index contributed by atoms with van der Waals surface area (Å²) in [7, 11) is 0. The molecule has 0 amide bonds. The van der Waals surface area contributed by atoms with Crippen LogP contribution >= 0.6 is 0 Å². The molecule has 0 saturated carbocycles. The van der Waals surface area contributed by atoms with Crippen molar-refractivity contribution in [1.29, 1.82) is 0 Å². The van der Waals surface area contributed by atoms with Crippen LogP contribution in [0.25, 0.3) is 0 Å². The Morgan fingerprint density at radius 3 is 2.93 bits per heavy atom. The largest absolute Gasteiger partial charge is 0.378 e. The van der Waals surface area contributed by atoms with E-state index in [4.69, 9.17) is 9.72 Å². The van der Waals surface area contributed by atoms with Gasteiger partial charge in [0.2, 0.25) is 5.95 Å². The molecule has 27 heavy (non-hydrogen) atoms. The zero-order valence-corrected chi connectivity index (χ0v) is 15.5. The molecule has 2 saturated heterocycles. The number of benzene rings is 1. The summed E-state index contributed by atoms with van der Waals surface area (Å²) < 4.78 is 18.8. The molecule has 2 aromatic rings. The Kier molecular flexibility index (Phi) is 5.79. The highest BCUT2D eigenvalue weighted by molar-refractivity contribution is 5.42. The molecule has 2 fully saturated rings. The van der Waals surface area contributed by atoms with E-state index in [1.54, 1.807) is 12.1 Å². The molecule has 1 aromatic heterocycles. The quantitative estimate of drug-likeness (QED) is 0.872. The highest BCUT2D eigenvalue weighted by Gasteiger charge is 2.21. The summed E-state index contributed by atoms with van der Waals surface area (Å²) in [4.78, 5) is 13.6. The number of piperidine rings is 1. The highest BCUT2D eigenvalue weighted by Crippen LogP contribution is 2.19. The van der Waals surface area contributed by atoms with Gasteiger partial charge in [-0.2, -0.15) is 4.98 Å². The van der Waals surface area contributed by atoms with Gasteiger partial charge in [0, 0.05) is 38.4 Å². The fraction of sp³-hybridized carbons (Fsp3) is 0.500. The van der Waals surface area contributed by atoms with Gasteiger partial charge in [-0.05, 0) is 43.1 Å². The number of hydrogen-bond acceptors (Lipinski definition) is 6. The molecular formula is C20H26FN5O. The minimum Gasteiger partial charge on any atom is -0.378 e. The standard InChI is InChI=1S/C20H26FN5O/c21-17-4-1-3-16(13-17)14-25-8-2-5-18(15-25)23-19-6-7-22-20(24-19)26-9-11-27-12-10-26/h1,3-4,6-7,13,18H,2,5,8-12,14-15H2,(H,22,23,24). The number of aromatic nitrogens is 2. The number of hydrogen-bond donors (Lipinski definition) is 1. The molecule has 0 spiro atoms. The Balaban J connectivity index is 1.36. The van der Waals surface area contributed by atoms with Gasteiger partial charge in [-0.25, -0.2) is 9.37 Å². The summed E-state index contributed by atoms with van der Waals surface area (Å²) in [6, 6.07) is 9.13. The molecule has 7 heteroatoms. The lowest BCUT2D eigenvalue weighted by molar-refractivity contribution is 0.122. The van der Waals surface area contributed by atoms with Crippen LogP contribution in [0.2, 0.25) is 0 Å².